The van der Waals surface area contributed by atoms with Gasteiger partial charge in [0.25, 0.3) is 5.88 Å². The molecular formula is C23H21Cl2N5O. The molecule has 0 bridgehead atoms. The van der Waals surface area contributed by atoms with Gasteiger partial charge in [-0.15, -0.1) is 0 Å². The fourth-order valence-electron chi connectivity index (χ4n) is 3.78. The quantitative estimate of drug-likeness (QED) is 0.531. The number of anilines is 1. The van der Waals surface area contributed by atoms with Crippen molar-refractivity contribution >= 4 is 34.7 Å². The Kier molecular flexibility index (Phi) is 6.01. The summed E-state index contributed by atoms with van der Waals surface area (Å²) in [6.07, 6.45) is 2.69. The zero-order valence-corrected chi connectivity index (χ0v) is 18.8. The van der Waals surface area contributed by atoms with Gasteiger partial charge in [0.1, 0.15) is 6.61 Å². The summed E-state index contributed by atoms with van der Waals surface area (Å²) >= 11 is 12.5. The van der Waals surface area contributed by atoms with E-state index in [2.05, 4.69) is 45.8 Å². The number of hydrogen-bond acceptors (Lipinski definition) is 5. The minimum absolute atomic E-state index is 0.0252. The van der Waals surface area contributed by atoms with Gasteiger partial charge in [0.05, 0.1) is 23.5 Å². The molecule has 0 atom stereocenters. The molecule has 4 rings (SSSR count). The van der Waals surface area contributed by atoms with E-state index in [0.29, 0.717) is 22.0 Å². The zero-order valence-electron chi connectivity index (χ0n) is 17.2. The molecule has 2 heterocycles. The molecule has 2 aromatic carbocycles. The van der Waals surface area contributed by atoms with Crippen molar-refractivity contribution < 1.29 is 4.74 Å². The summed E-state index contributed by atoms with van der Waals surface area (Å²) in [6, 6.07) is 7.49. The summed E-state index contributed by atoms with van der Waals surface area (Å²) in [5.41, 5.74) is 12.4. The number of nitrogens with two attached hydrogens (primary N) is 1. The molecule has 3 aromatic rings. The first-order valence-corrected chi connectivity index (χ1v) is 10.5. The molecule has 6 nitrogen and oxygen atoms in total. The van der Waals surface area contributed by atoms with Crippen LogP contribution in [-0.4, -0.2) is 28.5 Å². The second kappa shape index (κ2) is 8.72. The Bertz CT molecular complexity index is 1210. The number of benzene rings is 2. The van der Waals surface area contributed by atoms with E-state index in [-0.39, 0.29) is 23.3 Å². The maximum Gasteiger partial charge on any atom is 0.258 e. The monoisotopic (exact) mass is 453 g/mol. The average Bonchev–Trinajstić information content (AvgIpc) is 2.74. The van der Waals surface area contributed by atoms with Gasteiger partial charge in [-0.3, -0.25) is 0 Å². The minimum atomic E-state index is 0.0252. The van der Waals surface area contributed by atoms with Crippen LogP contribution in [0.2, 0.25) is 10.0 Å². The standard InChI is InChI=1S/C23H21Cl2N5O/c1-13-8-14(9-15-11-30(3)7-6-16(13)15)20-10-28-22(26)23(29-20)31-12-17-18(24)4-5-19(27-2)21(17)25/h4-5,8-10H,6-7,11-12H2,1,3H3,(H2,26,28). The van der Waals surface area contributed by atoms with E-state index in [1.807, 2.05) is 0 Å². The third kappa shape index (κ3) is 4.31. The first kappa shape index (κ1) is 21.4. The third-order valence-electron chi connectivity index (χ3n) is 5.45. The van der Waals surface area contributed by atoms with Crippen LogP contribution >= 0.6 is 23.2 Å². The van der Waals surface area contributed by atoms with Gasteiger partial charge < -0.3 is 15.4 Å². The number of aromatic nitrogens is 2. The number of nitrogen functional groups attached to an aromatic ring is 1. The SMILES string of the molecule is [C-]#[N+]c1ccc(Cl)c(COc2nc(-c3cc(C)c4c(c3)CN(C)CC4)cnc2N)c1Cl. The van der Waals surface area contributed by atoms with E-state index < -0.39 is 0 Å². The van der Waals surface area contributed by atoms with Gasteiger partial charge in [0.2, 0.25) is 5.69 Å². The first-order chi connectivity index (χ1) is 14.9. The fraction of sp³-hybridized carbons (Fsp3) is 0.261. The molecule has 0 radical (unpaired) electrons. The zero-order chi connectivity index (χ0) is 22.1. The van der Waals surface area contributed by atoms with Gasteiger partial charge in [-0.1, -0.05) is 35.3 Å². The molecule has 1 aromatic heterocycles. The van der Waals surface area contributed by atoms with E-state index in [9.17, 15) is 0 Å². The number of hydrogen-bond donors (Lipinski definition) is 1. The average molecular weight is 454 g/mol. The predicted molar refractivity (Wildman–Crippen MR) is 124 cm³/mol. The van der Waals surface area contributed by atoms with Gasteiger partial charge in [-0.05, 0) is 49.2 Å². The molecule has 8 heteroatoms. The lowest BCUT2D eigenvalue weighted by molar-refractivity contribution is 0.295. The number of ether oxygens (including phenoxy) is 1. The number of nitrogens with zero attached hydrogens (tertiary/aromatic N) is 4. The van der Waals surface area contributed by atoms with Crippen LogP contribution in [0.25, 0.3) is 16.1 Å². The number of aryl methyl sites for hydroxylation is 1. The van der Waals surface area contributed by atoms with Crippen molar-refractivity contribution in [2.24, 2.45) is 0 Å². The van der Waals surface area contributed by atoms with Crippen molar-refractivity contribution in [3.05, 3.63) is 74.2 Å². The normalized spacial score (nSPS) is 13.5. The van der Waals surface area contributed by atoms with Gasteiger partial charge in [0.15, 0.2) is 5.82 Å². The highest BCUT2D eigenvalue weighted by molar-refractivity contribution is 6.37. The number of halogens is 2. The second-order valence-corrected chi connectivity index (χ2v) is 8.41. The Morgan fingerprint density at radius 2 is 2.10 bits per heavy atom. The molecule has 0 aliphatic carbocycles. The van der Waals surface area contributed by atoms with Gasteiger partial charge in [-0.25, -0.2) is 14.8 Å². The maximum absolute atomic E-state index is 7.21. The summed E-state index contributed by atoms with van der Waals surface area (Å²) < 4.78 is 5.83. The van der Waals surface area contributed by atoms with Crippen LogP contribution in [-0.2, 0) is 19.6 Å². The lowest BCUT2D eigenvalue weighted by atomic mass is 9.92. The van der Waals surface area contributed by atoms with Gasteiger partial charge in [0, 0.05) is 29.2 Å². The van der Waals surface area contributed by atoms with Crippen LogP contribution in [0.15, 0.2) is 30.5 Å². The van der Waals surface area contributed by atoms with Crippen LogP contribution < -0.4 is 10.5 Å². The Hall–Kier alpha value is -2.85. The summed E-state index contributed by atoms with van der Waals surface area (Å²) in [5.74, 6) is 0.372. The van der Waals surface area contributed by atoms with Crippen molar-refractivity contribution in [1.29, 1.82) is 0 Å². The molecule has 0 spiro atoms. The van der Waals surface area contributed by atoms with Crippen LogP contribution in [0.4, 0.5) is 11.5 Å². The van der Waals surface area contributed by atoms with Crippen molar-refractivity contribution in [3.8, 4) is 17.1 Å². The van der Waals surface area contributed by atoms with E-state index in [0.717, 1.165) is 25.1 Å². The highest BCUT2D eigenvalue weighted by Gasteiger charge is 2.18. The third-order valence-corrected chi connectivity index (χ3v) is 6.23. The summed E-state index contributed by atoms with van der Waals surface area (Å²) in [7, 11) is 2.12. The van der Waals surface area contributed by atoms with Crippen molar-refractivity contribution in [1.82, 2.24) is 14.9 Å². The fourth-order valence-corrected chi connectivity index (χ4v) is 4.30. The van der Waals surface area contributed by atoms with Crippen molar-refractivity contribution in [2.45, 2.75) is 26.5 Å². The van der Waals surface area contributed by atoms with Gasteiger partial charge in [-0.2, -0.15) is 0 Å². The van der Waals surface area contributed by atoms with E-state index >= 15 is 0 Å². The summed E-state index contributed by atoms with van der Waals surface area (Å²) in [4.78, 5) is 14.6. The summed E-state index contributed by atoms with van der Waals surface area (Å²) in [6.45, 7) is 11.3. The van der Waals surface area contributed by atoms with Crippen LogP contribution in [0.3, 0.4) is 0 Å². The lowest BCUT2D eigenvalue weighted by Gasteiger charge is -2.27. The molecule has 0 unspecified atom stereocenters. The Labute approximate surface area is 191 Å². The second-order valence-electron chi connectivity index (χ2n) is 7.62. The van der Waals surface area contributed by atoms with Crippen LogP contribution in [0.5, 0.6) is 5.88 Å². The van der Waals surface area contributed by atoms with Gasteiger partial charge >= 0.3 is 0 Å². The minimum Gasteiger partial charge on any atom is -0.470 e. The molecule has 2 N–H and O–H groups in total. The molecular weight excluding hydrogens is 433 g/mol. The lowest BCUT2D eigenvalue weighted by Crippen LogP contribution is -2.27. The molecule has 31 heavy (non-hydrogen) atoms. The number of likely N-dealkylation sites (N-methyl/N-ethyl adjacent to an activating group) is 1. The Balaban J connectivity index is 1.64. The van der Waals surface area contributed by atoms with Crippen LogP contribution in [0, 0.1) is 13.5 Å². The number of rotatable bonds is 4. The molecule has 0 saturated carbocycles. The van der Waals surface area contributed by atoms with Crippen molar-refractivity contribution in [2.75, 3.05) is 19.3 Å². The van der Waals surface area contributed by atoms with Crippen molar-refractivity contribution in [3.63, 3.8) is 0 Å². The van der Waals surface area contributed by atoms with E-state index in [4.69, 9.17) is 40.2 Å². The molecule has 1 aliphatic rings. The van der Waals surface area contributed by atoms with Crippen LogP contribution in [0.1, 0.15) is 22.3 Å². The Morgan fingerprint density at radius 3 is 2.87 bits per heavy atom. The number of fused-ring (bicyclic) bond motifs is 1. The highest BCUT2D eigenvalue weighted by atomic mass is 35.5. The van der Waals surface area contributed by atoms with E-state index in [1.54, 1.807) is 18.3 Å². The topological polar surface area (TPSA) is 68.6 Å². The molecule has 0 fully saturated rings. The van der Waals surface area contributed by atoms with E-state index in [1.165, 1.54) is 16.7 Å². The largest absolute Gasteiger partial charge is 0.470 e. The molecule has 158 valence electrons. The highest BCUT2D eigenvalue weighted by Crippen LogP contribution is 2.35. The molecule has 0 amide bonds. The molecule has 1 aliphatic heterocycles. The predicted octanol–water partition coefficient (Wildman–Crippen LogP) is 5.46. The maximum atomic E-state index is 7.21. The first-order valence-electron chi connectivity index (χ1n) is 9.78. The molecule has 0 saturated heterocycles. The summed E-state index contributed by atoms with van der Waals surface area (Å²) in [5, 5.41) is 0.675. The smallest absolute Gasteiger partial charge is 0.258 e. The Morgan fingerprint density at radius 1 is 1.29 bits per heavy atom.